The Morgan fingerprint density at radius 3 is 1.04 bits per heavy atom. The Hall–Kier alpha value is -6.71. The highest BCUT2D eigenvalue weighted by Crippen LogP contribution is 2.34. The predicted octanol–water partition coefficient (Wildman–Crippen LogP) is 1.27. The molecule has 504 valence electrons. The summed E-state index contributed by atoms with van der Waals surface area (Å²) in [5.74, 6) is 3.17. The predicted molar refractivity (Wildman–Crippen MR) is 355 cm³/mol. The molecule has 0 aliphatic carbocycles. The fourth-order valence-corrected chi connectivity index (χ4v) is 15.2. The molecule has 15 atom stereocenters. The van der Waals surface area contributed by atoms with Gasteiger partial charge in [0.05, 0.1) is 33.0 Å². The van der Waals surface area contributed by atoms with Crippen molar-refractivity contribution in [1.29, 1.82) is 0 Å². The van der Waals surface area contributed by atoms with Crippen molar-refractivity contribution in [1.82, 2.24) is 19.9 Å². The van der Waals surface area contributed by atoms with E-state index in [0.29, 0.717) is 60.6 Å². The first-order chi connectivity index (χ1) is 46.2. The summed E-state index contributed by atoms with van der Waals surface area (Å²) >= 11 is 3.68. The van der Waals surface area contributed by atoms with Crippen molar-refractivity contribution in [2.45, 2.75) is 103 Å². The van der Waals surface area contributed by atoms with Crippen molar-refractivity contribution in [2.24, 2.45) is 0 Å². The highest BCUT2D eigenvalue weighted by molar-refractivity contribution is 8.00. The van der Waals surface area contributed by atoms with Crippen molar-refractivity contribution in [3.05, 3.63) is 218 Å². The van der Waals surface area contributed by atoms with E-state index >= 15 is 0 Å². The van der Waals surface area contributed by atoms with Gasteiger partial charge >= 0.3 is 0 Å². The largest absolute Gasteiger partial charge is 0.494 e. The summed E-state index contributed by atoms with van der Waals surface area (Å²) in [6.07, 6.45) is -15.4. The molecule has 26 heteroatoms. The number of ether oxygens (including phenoxy) is 6. The van der Waals surface area contributed by atoms with Crippen molar-refractivity contribution in [3.8, 4) is 17.2 Å². The molecule has 95 heavy (non-hydrogen) atoms. The Labute approximate surface area is 557 Å². The molecule has 4 aromatic carbocycles. The van der Waals surface area contributed by atoms with Crippen LogP contribution in [0.3, 0.4) is 0 Å². The standard InChI is InChI=1S/C69H76N4O19S3/c74-34-51-57(76)59(78)63(82)67(89-51)93-31-4-28-86-40-14-8-37(9-15-40)54-45-22-20-43(70-45)53(36-6-2-1-3-7-36)44-21-23-46(71-44)55(38-10-16-41(17-11-38)87-29-5-32-94-69-65(84)61(80)62(81)66(91-69)92-85)48-25-27-50(73-48)56(49-26-24-47(54)72-49)39-12-18-42(19-13-39)88-30-33-95-68-64(83)60(79)58(77)52(35-75)90-68/h1-3,6-27,51-52,57-85H,4-5,28-35H2/t51-,52?,57+,58+,59+,60+,61+,62-,63+,64+,65+,66-,67+,68+,69+/m1/s1. The molecule has 3 fully saturated rings. The summed E-state index contributed by atoms with van der Waals surface area (Å²) < 4.78 is 35.4. The van der Waals surface area contributed by atoms with Gasteiger partial charge in [-0.15, -0.1) is 35.3 Å². The number of hydrogen-bond acceptors (Lipinski definition) is 22. The fraction of sp³-hybridized carbons (Fsp3) is 0.362. The zero-order valence-electron chi connectivity index (χ0n) is 51.1. The van der Waals surface area contributed by atoms with E-state index in [1.54, 1.807) is 0 Å². The fourth-order valence-electron chi connectivity index (χ4n) is 12.0. The van der Waals surface area contributed by atoms with Crippen LogP contribution in [0.4, 0.5) is 0 Å². The van der Waals surface area contributed by atoms with Crippen molar-refractivity contribution < 1.29 is 94.7 Å². The topological polar surface area (TPSA) is 371 Å². The number of aromatic nitrogens is 4. The van der Waals surface area contributed by atoms with Gasteiger partial charge in [0.2, 0.25) is 6.29 Å². The lowest BCUT2D eigenvalue weighted by Gasteiger charge is -2.39. The summed E-state index contributed by atoms with van der Waals surface area (Å²) in [5, 5.41) is 125. The molecule has 3 saturated heterocycles. The Morgan fingerprint density at radius 2 is 0.674 bits per heavy atom. The van der Waals surface area contributed by atoms with Crippen LogP contribution in [-0.4, -0.2) is 221 Å². The first kappa shape index (κ1) is 68.2. The molecule has 4 aliphatic heterocycles. The van der Waals surface area contributed by atoms with Gasteiger partial charge in [-0.05, 0) is 132 Å². The van der Waals surface area contributed by atoms with Crippen LogP contribution in [0, 0.1) is 0 Å². The summed E-state index contributed by atoms with van der Waals surface area (Å²) in [7, 11) is 0. The molecule has 12 rings (SSSR count). The number of aromatic amines is 4. The number of hydrogen-bond donors (Lipinski definition) is 16. The number of aliphatic hydroxyl groups is 11. The molecular weight excluding hydrogens is 1280 g/mol. The third kappa shape index (κ3) is 15.2. The van der Waals surface area contributed by atoms with Crippen LogP contribution >= 0.6 is 35.3 Å². The van der Waals surface area contributed by atoms with Gasteiger partial charge in [-0.3, -0.25) is 0 Å². The van der Waals surface area contributed by atoms with E-state index in [4.69, 9.17) is 33.7 Å². The number of benzene rings is 4. The van der Waals surface area contributed by atoms with Crippen molar-refractivity contribution in [3.63, 3.8) is 0 Å². The highest BCUT2D eigenvalue weighted by atomic mass is 32.2. The summed E-state index contributed by atoms with van der Waals surface area (Å²) in [6, 6.07) is 50.1. The quantitative estimate of drug-likeness (QED) is 0.0230. The molecule has 0 saturated carbocycles. The normalized spacial score (nSPS) is 27.0. The second-order valence-electron chi connectivity index (χ2n) is 23.3. The van der Waals surface area contributed by atoms with Gasteiger partial charge in [0, 0.05) is 72.2 Å². The second kappa shape index (κ2) is 31.2. The smallest absolute Gasteiger partial charge is 0.220 e. The van der Waals surface area contributed by atoms with E-state index < -0.39 is 103 Å². The maximum atomic E-state index is 10.6. The Balaban J connectivity index is 0.869. The van der Waals surface area contributed by atoms with Gasteiger partial charge in [0.1, 0.15) is 101 Å². The Bertz CT molecular complexity index is 4070. The number of fused-ring (bicyclic) bond motifs is 8. The van der Waals surface area contributed by atoms with Crippen LogP contribution in [0.1, 0.15) is 57.9 Å². The summed E-state index contributed by atoms with van der Waals surface area (Å²) in [6.45, 7) is -0.136. The van der Waals surface area contributed by atoms with Crippen LogP contribution in [0.5, 0.6) is 17.2 Å². The molecule has 4 aromatic heterocycles. The highest BCUT2D eigenvalue weighted by Gasteiger charge is 2.46. The first-order valence-corrected chi connectivity index (χ1v) is 34.3. The van der Waals surface area contributed by atoms with Crippen molar-refractivity contribution >= 4 is 57.6 Å². The molecule has 4 aliphatic rings. The summed E-state index contributed by atoms with van der Waals surface area (Å²) in [5.41, 5.74) is 7.69. The average molecular weight is 1360 g/mol. The minimum atomic E-state index is -1.62. The second-order valence-corrected chi connectivity index (χ2v) is 26.9. The van der Waals surface area contributed by atoms with Crippen LogP contribution < -0.4 is 35.6 Å². The monoisotopic (exact) mass is 1360 g/mol. The minimum Gasteiger partial charge on any atom is -0.494 e. The van der Waals surface area contributed by atoms with Crippen LogP contribution in [0.2, 0.25) is 0 Å². The number of H-pyrrole nitrogens is 4. The molecule has 0 amide bonds. The van der Waals surface area contributed by atoms with Crippen LogP contribution in [-0.2, 0) is 19.1 Å². The van der Waals surface area contributed by atoms with Gasteiger partial charge in [-0.2, -0.15) is 0 Å². The zero-order chi connectivity index (χ0) is 66.3. The third-order valence-corrected chi connectivity index (χ3v) is 20.6. The Kier molecular flexibility index (Phi) is 22.4. The molecular formula is C69H76N4O19S3. The SMILES string of the molecule is OCC1O[C@@H](SCCOc2ccc(C3=c4ccc([nH]4)=C(c4ccc(OCCCS[C@@H]5O[C@H](CO)[C@H](O)[C@H](O)[C@@H]5O)cc4)c4ccc([nH]4)C(c4ccccc4)=c4ccc([nH]4)=C(c4ccc(OCCCS[C@@H]5O[C@H](OO)[C@H](O)[C@H](O)[C@@H]5O)cc4)c4ccc3[nH]4)cc2)[C@@H](O)[C@@H](O)[C@H]1O. The molecule has 0 spiro atoms. The first-order valence-electron chi connectivity index (χ1n) is 31.2. The third-order valence-electron chi connectivity index (χ3n) is 17.0. The van der Waals surface area contributed by atoms with Crippen LogP contribution in [0.25, 0.3) is 22.3 Å². The lowest BCUT2D eigenvalue weighted by Crippen LogP contribution is -2.57. The number of aliphatic hydroxyl groups excluding tert-OH is 11. The maximum Gasteiger partial charge on any atom is 0.220 e. The number of rotatable bonds is 24. The number of thioether (sulfide) groups is 3. The Morgan fingerprint density at radius 1 is 0.337 bits per heavy atom. The molecule has 0 radical (unpaired) electrons. The summed E-state index contributed by atoms with van der Waals surface area (Å²) in [4.78, 5) is 19.5. The lowest BCUT2D eigenvalue weighted by atomic mass is 10.0. The number of nitrogens with one attached hydrogen (secondary N) is 4. The van der Waals surface area contributed by atoms with E-state index in [0.717, 1.165) is 88.7 Å². The van der Waals surface area contributed by atoms with Crippen molar-refractivity contribution in [2.75, 3.05) is 50.3 Å². The molecule has 1 unspecified atom stereocenters. The van der Waals surface area contributed by atoms with Gasteiger partial charge in [0.25, 0.3) is 0 Å². The van der Waals surface area contributed by atoms with E-state index in [9.17, 15) is 56.2 Å². The molecule has 8 bridgehead atoms. The molecule has 16 N–H and O–H groups in total. The zero-order valence-corrected chi connectivity index (χ0v) is 53.6. The van der Waals surface area contributed by atoms with E-state index in [-0.39, 0.29) is 6.61 Å². The van der Waals surface area contributed by atoms with E-state index in [2.05, 4.69) is 85.5 Å². The molecule has 23 nitrogen and oxygen atoms in total. The minimum absolute atomic E-state index is 0.219. The van der Waals surface area contributed by atoms with Gasteiger partial charge < -0.3 is 105 Å². The van der Waals surface area contributed by atoms with Gasteiger partial charge in [0.15, 0.2) is 0 Å². The van der Waals surface area contributed by atoms with Gasteiger partial charge in [-0.1, -0.05) is 66.7 Å². The van der Waals surface area contributed by atoms with E-state index in [1.165, 1.54) is 35.3 Å². The molecule has 8 heterocycles. The molecule has 8 aromatic rings. The van der Waals surface area contributed by atoms with Crippen LogP contribution in [0.15, 0.2) is 152 Å². The van der Waals surface area contributed by atoms with E-state index in [1.807, 2.05) is 91.0 Å². The maximum absolute atomic E-state index is 10.6. The van der Waals surface area contributed by atoms with Gasteiger partial charge in [-0.25, -0.2) is 10.1 Å². The average Bonchev–Trinajstić information content (AvgIpc) is 1.61. The lowest BCUT2D eigenvalue weighted by molar-refractivity contribution is -0.394.